The number of H-pyrrole nitrogens is 1. The number of rotatable bonds is 3. The first-order valence-electron chi connectivity index (χ1n) is 6.35. The summed E-state index contributed by atoms with van der Waals surface area (Å²) in [5, 5.41) is 3.17. The molecule has 1 aromatic carbocycles. The molecular formula is C15H20N2O. The van der Waals surface area contributed by atoms with Gasteiger partial charge in [-0.1, -0.05) is 37.3 Å². The first kappa shape index (κ1) is 12.7. The van der Waals surface area contributed by atoms with Gasteiger partial charge in [0.25, 0.3) is 5.56 Å². The van der Waals surface area contributed by atoms with E-state index in [0.29, 0.717) is 5.92 Å². The molecule has 18 heavy (non-hydrogen) atoms. The van der Waals surface area contributed by atoms with Gasteiger partial charge in [-0.25, -0.2) is 4.68 Å². The Labute approximate surface area is 107 Å². The Kier molecular flexibility index (Phi) is 3.41. The highest BCUT2D eigenvalue weighted by molar-refractivity contribution is 5.21. The van der Waals surface area contributed by atoms with Crippen LogP contribution in [0.2, 0.25) is 0 Å². The van der Waals surface area contributed by atoms with Crippen LogP contribution < -0.4 is 5.56 Å². The molecule has 2 rings (SSSR count). The molecule has 0 amide bonds. The Morgan fingerprint density at radius 2 is 1.72 bits per heavy atom. The number of aromatic amines is 1. The van der Waals surface area contributed by atoms with E-state index in [0.717, 1.165) is 11.3 Å². The Hall–Kier alpha value is -1.77. The van der Waals surface area contributed by atoms with Crippen molar-refractivity contribution in [3.63, 3.8) is 0 Å². The predicted octanol–water partition coefficient (Wildman–Crippen LogP) is 3.16. The molecule has 1 heterocycles. The summed E-state index contributed by atoms with van der Waals surface area (Å²) in [4.78, 5) is 12.1. The average Bonchev–Trinajstić information content (AvgIpc) is 2.66. The summed E-state index contributed by atoms with van der Waals surface area (Å²) in [6.07, 6.45) is 0. The van der Waals surface area contributed by atoms with Crippen LogP contribution in [-0.2, 0) is 0 Å². The topological polar surface area (TPSA) is 37.8 Å². The van der Waals surface area contributed by atoms with E-state index >= 15 is 0 Å². The van der Waals surface area contributed by atoms with Crippen LogP contribution in [0.15, 0.2) is 35.1 Å². The molecule has 2 aromatic rings. The van der Waals surface area contributed by atoms with Crippen LogP contribution in [0.4, 0.5) is 0 Å². The van der Waals surface area contributed by atoms with Crippen molar-refractivity contribution < 1.29 is 0 Å². The second kappa shape index (κ2) is 4.84. The first-order valence-corrected chi connectivity index (χ1v) is 6.35. The van der Waals surface area contributed by atoms with Crippen LogP contribution in [0.25, 0.3) is 0 Å². The van der Waals surface area contributed by atoms with Crippen LogP contribution >= 0.6 is 0 Å². The van der Waals surface area contributed by atoms with Gasteiger partial charge in [-0.3, -0.25) is 9.89 Å². The minimum absolute atomic E-state index is 0.0859. The standard InChI is InChI=1S/C15H20N2O/c1-10-12(3)16-17(15(10)18)13(4)11(2)14-8-6-5-7-9-14/h5-9,11,13,16H,1-4H3. The van der Waals surface area contributed by atoms with Crippen molar-refractivity contribution in [3.8, 4) is 0 Å². The van der Waals surface area contributed by atoms with Gasteiger partial charge in [-0.05, 0) is 26.3 Å². The molecule has 0 aliphatic heterocycles. The van der Waals surface area contributed by atoms with E-state index in [9.17, 15) is 4.79 Å². The summed E-state index contributed by atoms with van der Waals surface area (Å²) < 4.78 is 1.74. The summed E-state index contributed by atoms with van der Waals surface area (Å²) in [5.41, 5.74) is 3.10. The molecule has 2 atom stereocenters. The van der Waals surface area contributed by atoms with Gasteiger partial charge in [0, 0.05) is 17.2 Å². The summed E-state index contributed by atoms with van der Waals surface area (Å²) in [5.74, 6) is 0.293. The maximum absolute atomic E-state index is 12.1. The molecule has 0 saturated carbocycles. The minimum atomic E-state index is 0.0859. The lowest BCUT2D eigenvalue weighted by molar-refractivity contribution is 0.415. The maximum atomic E-state index is 12.1. The van der Waals surface area contributed by atoms with Crippen molar-refractivity contribution in [2.45, 2.75) is 39.7 Å². The fourth-order valence-electron chi connectivity index (χ4n) is 2.20. The lowest BCUT2D eigenvalue weighted by Gasteiger charge is -2.21. The summed E-state index contributed by atoms with van der Waals surface area (Å²) in [6.45, 7) is 8.03. The number of hydrogen-bond donors (Lipinski definition) is 1. The second-order valence-electron chi connectivity index (χ2n) is 4.98. The third kappa shape index (κ3) is 2.13. The number of hydrogen-bond acceptors (Lipinski definition) is 1. The molecular weight excluding hydrogens is 224 g/mol. The Bertz CT molecular complexity index is 580. The van der Waals surface area contributed by atoms with Crippen molar-refractivity contribution in [2.75, 3.05) is 0 Å². The Balaban J connectivity index is 2.34. The van der Waals surface area contributed by atoms with Gasteiger partial charge in [0.2, 0.25) is 0 Å². The molecule has 2 unspecified atom stereocenters. The molecule has 1 aromatic heterocycles. The lowest BCUT2D eigenvalue weighted by atomic mass is 9.95. The number of nitrogens with one attached hydrogen (secondary N) is 1. The largest absolute Gasteiger partial charge is 0.299 e. The third-order valence-electron chi connectivity index (χ3n) is 3.85. The zero-order chi connectivity index (χ0) is 13.3. The summed E-state index contributed by atoms with van der Waals surface area (Å²) in [7, 11) is 0. The van der Waals surface area contributed by atoms with E-state index in [1.807, 2.05) is 32.0 Å². The molecule has 0 spiro atoms. The second-order valence-corrected chi connectivity index (χ2v) is 4.98. The van der Waals surface area contributed by atoms with Crippen LogP contribution in [0.3, 0.4) is 0 Å². The molecule has 0 bridgehead atoms. The normalized spacial score (nSPS) is 14.4. The fourth-order valence-corrected chi connectivity index (χ4v) is 2.20. The van der Waals surface area contributed by atoms with Gasteiger partial charge < -0.3 is 0 Å². The van der Waals surface area contributed by atoms with Crippen LogP contribution in [0, 0.1) is 13.8 Å². The molecule has 0 saturated heterocycles. The van der Waals surface area contributed by atoms with Crippen molar-refractivity contribution in [2.24, 2.45) is 0 Å². The number of benzene rings is 1. The summed E-state index contributed by atoms with van der Waals surface area (Å²) in [6, 6.07) is 10.4. The van der Waals surface area contributed by atoms with Gasteiger partial charge in [-0.2, -0.15) is 0 Å². The van der Waals surface area contributed by atoms with Gasteiger partial charge in [0.05, 0.1) is 6.04 Å². The maximum Gasteiger partial charge on any atom is 0.269 e. The van der Waals surface area contributed by atoms with E-state index < -0.39 is 0 Å². The molecule has 3 heteroatoms. The van der Waals surface area contributed by atoms with Gasteiger partial charge >= 0.3 is 0 Å². The van der Waals surface area contributed by atoms with Crippen molar-refractivity contribution in [3.05, 3.63) is 57.5 Å². The highest BCUT2D eigenvalue weighted by atomic mass is 16.1. The first-order chi connectivity index (χ1) is 8.52. The Morgan fingerprint density at radius 1 is 1.11 bits per heavy atom. The third-order valence-corrected chi connectivity index (χ3v) is 3.85. The van der Waals surface area contributed by atoms with E-state index in [1.54, 1.807) is 4.68 Å². The molecule has 1 N–H and O–H groups in total. The monoisotopic (exact) mass is 244 g/mol. The van der Waals surface area contributed by atoms with Crippen molar-refractivity contribution >= 4 is 0 Å². The molecule has 0 fully saturated rings. The highest BCUT2D eigenvalue weighted by Crippen LogP contribution is 2.26. The summed E-state index contributed by atoms with van der Waals surface area (Å²) >= 11 is 0. The van der Waals surface area contributed by atoms with Crippen LogP contribution in [-0.4, -0.2) is 9.78 Å². The highest BCUT2D eigenvalue weighted by Gasteiger charge is 2.19. The van der Waals surface area contributed by atoms with E-state index in [-0.39, 0.29) is 11.6 Å². The van der Waals surface area contributed by atoms with Crippen LogP contribution in [0.1, 0.15) is 42.6 Å². The Morgan fingerprint density at radius 3 is 2.22 bits per heavy atom. The van der Waals surface area contributed by atoms with Crippen LogP contribution in [0.5, 0.6) is 0 Å². The van der Waals surface area contributed by atoms with E-state index in [1.165, 1.54) is 5.56 Å². The smallest absolute Gasteiger partial charge is 0.269 e. The van der Waals surface area contributed by atoms with Crippen molar-refractivity contribution in [1.29, 1.82) is 0 Å². The van der Waals surface area contributed by atoms with Crippen molar-refractivity contribution in [1.82, 2.24) is 9.78 Å². The van der Waals surface area contributed by atoms with E-state index in [4.69, 9.17) is 0 Å². The number of aryl methyl sites for hydroxylation is 1. The van der Waals surface area contributed by atoms with Gasteiger partial charge in [-0.15, -0.1) is 0 Å². The SMILES string of the molecule is Cc1[nH]n(C(C)C(C)c2ccccc2)c(=O)c1C. The van der Waals surface area contributed by atoms with E-state index in [2.05, 4.69) is 31.1 Å². The lowest BCUT2D eigenvalue weighted by Crippen LogP contribution is -2.25. The minimum Gasteiger partial charge on any atom is -0.299 e. The molecule has 0 aliphatic rings. The predicted molar refractivity (Wildman–Crippen MR) is 74.1 cm³/mol. The zero-order valence-corrected chi connectivity index (χ0v) is 11.4. The van der Waals surface area contributed by atoms with Gasteiger partial charge in [0.15, 0.2) is 0 Å². The molecule has 96 valence electrons. The molecule has 0 radical (unpaired) electrons. The fraction of sp³-hybridized carbons (Fsp3) is 0.400. The molecule has 3 nitrogen and oxygen atoms in total. The quantitative estimate of drug-likeness (QED) is 0.884. The number of nitrogens with zero attached hydrogens (tertiary/aromatic N) is 1. The van der Waals surface area contributed by atoms with Gasteiger partial charge in [0.1, 0.15) is 0 Å². The zero-order valence-electron chi connectivity index (χ0n) is 11.4. The average molecular weight is 244 g/mol. The molecule has 0 aliphatic carbocycles. The number of aromatic nitrogens is 2.